The van der Waals surface area contributed by atoms with Gasteiger partial charge in [0.15, 0.2) is 23.1 Å². The zero-order valence-corrected chi connectivity index (χ0v) is 20.1. The maximum atomic E-state index is 13.5. The average Bonchev–Trinajstić information content (AvgIpc) is 2.90. The molecule has 0 bridgehead atoms. The second-order valence-electron chi connectivity index (χ2n) is 7.97. The molecule has 0 aliphatic carbocycles. The Bertz CT molecular complexity index is 1190. The van der Waals surface area contributed by atoms with Crippen molar-refractivity contribution in [2.45, 2.75) is 5.92 Å². The Kier molecular flexibility index (Phi) is 9.28. The zero-order chi connectivity index (χ0) is 25.9. The molecule has 1 atom stereocenters. The van der Waals surface area contributed by atoms with E-state index in [2.05, 4.69) is 0 Å². The number of nitro groups is 1. The van der Waals surface area contributed by atoms with E-state index in [1.807, 2.05) is 60.7 Å². The molecule has 36 heavy (non-hydrogen) atoms. The van der Waals surface area contributed by atoms with Gasteiger partial charge in [0.2, 0.25) is 6.54 Å². The van der Waals surface area contributed by atoms with E-state index in [4.69, 9.17) is 9.47 Å². The number of hydrogen-bond acceptors (Lipinski definition) is 6. The quantitative estimate of drug-likeness (QED) is 0.151. The van der Waals surface area contributed by atoms with Crippen LogP contribution in [0.2, 0.25) is 0 Å². The number of para-hydroxylation sites is 1. The van der Waals surface area contributed by atoms with Gasteiger partial charge in [-0.3, -0.25) is 19.7 Å². The third-order valence-corrected chi connectivity index (χ3v) is 5.67. The number of allylic oxidation sites excluding steroid dienone is 2. The van der Waals surface area contributed by atoms with Gasteiger partial charge in [-0.05, 0) is 29.3 Å². The Balaban J connectivity index is 2.09. The summed E-state index contributed by atoms with van der Waals surface area (Å²) >= 11 is 0. The van der Waals surface area contributed by atoms with Crippen LogP contribution in [0.25, 0.3) is 12.2 Å². The Morgan fingerprint density at radius 3 is 1.78 bits per heavy atom. The maximum absolute atomic E-state index is 13.5. The fourth-order valence-corrected chi connectivity index (χ4v) is 3.98. The standard InChI is InChI=1S/C29H27NO6/c1-35-27-15-9-14-23(29(27)36-2)24(20-30(33)34)28(25(31)18-16-21-10-5-3-6-11-21)26(32)19-17-22-12-7-4-8-13-22/h3-19,24,28H,20H2,1-2H3/b18-16+,19-17+/t24-/m0/s1. The summed E-state index contributed by atoms with van der Waals surface area (Å²) in [5, 5.41) is 11.7. The van der Waals surface area contributed by atoms with Gasteiger partial charge in [0.05, 0.1) is 26.1 Å². The van der Waals surface area contributed by atoms with Crippen LogP contribution in [-0.4, -0.2) is 37.3 Å². The second kappa shape index (κ2) is 12.8. The molecule has 0 N–H and O–H groups in total. The lowest BCUT2D eigenvalue weighted by atomic mass is 9.79. The molecule has 0 amide bonds. The van der Waals surface area contributed by atoms with Gasteiger partial charge >= 0.3 is 0 Å². The Hall–Kier alpha value is -4.52. The monoisotopic (exact) mass is 485 g/mol. The van der Waals surface area contributed by atoms with Crippen molar-refractivity contribution in [3.8, 4) is 11.5 Å². The van der Waals surface area contributed by atoms with E-state index < -0.39 is 34.9 Å². The summed E-state index contributed by atoms with van der Waals surface area (Å²) in [6, 6.07) is 23.2. The molecule has 184 valence electrons. The van der Waals surface area contributed by atoms with E-state index in [0.717, 1.165) is 11.1 Å². The first-order valence-corrected chi connectivity index (χ1v) is 11.3. The molecule has 0 saturated heterocycles. The Labute approximate surface area is 209 Å². The minimum Gasteiger partial charge on any atom is -0.493 e. The van der Waals surface area contributed by atoms with E-state index in [0.29, 0.717) is 11.3 Å². The van der Waals surface area contributed by atoms with Crippen molar-refractivity contribution in [2.24, 2.45) is 5.92 Å². The molecule has 0 aromatic heterocycles. The van der Waals surface area contributed by atoms with Crippen molar-refractivity contribution >= 4 is 23.7 Å². The number of ketones is 2. The van der Waals surface area contributed by atoms with Crippen molar-refractivity contribution < 1.29 is 24.0 Å². The van der Waals surface area contributed by atoms with E-state index in [9.17, 15) is 19.7 Å². The van der Waals surface area contributed by atoms with Gasteiger partial charge in [-0.15, -0.1) is 0 Å². The second-order valence-corrected chi connectivity index (χ2v) is 7.97. The Morgan fingerprint density at radius 2 is 1.33 bits per heavy atom. The first kappa shape index (κ1) is 26.1. The molecule has 0 unspecified atom stereocenters. The third-order valence-electron chi connectivity index (χ3n) is 5.67. The van der Waals surface area contributed by atoms with Crippen LogP contribution >= 0.6 is 0 Å². The summed E-state index contributed by atoms with van der Waals surface area (Å²) in [5.74, 6) is -2.93. The van der Waals surface area contributed by atoms with Gasteiger partial charge in [0, 0.05) is 10.5 Å². The van der Waals surface area contributed by atoms with Gasteiger partial charge in [-0.1, -0.05) is 84.9 Å². The molecule has 0 spiro atoms. The van der Waals surface area contributed by atoms with Crippen LogP contribution in [0.1, 0.15) is 22.6 Å². The Morgan fingerprint density at radius 1 is 0.806 bits per heavy atom. The molecule has 0 heterocycles. The molecule has 3 rings (SSSR count). The number of ether oxygens (including phenoxy) is 2. The number of carbonyl (C=O) groups excluding carboxylic acids is 2. The minimum atomic E-state index is -1.35. The molecular weight excluding hydrogens is 458 g/mol. The number of rotatable bonds is 12. The van der Waals surface area contributed by atoms with E-state index in [1.54, 1.807) is 30.4 Å². The number of carbonyl (C=O) groups is 2. The van der Waals surface area contributed by atoms with Crippen LogP contribution in [-0.2, 0) is 9.59 Å². The summed E-state index contributed by atoms with van der Waals surface area (Å²) in [6.45, 7) is -0.649. The lowest BCUT2D eigenvalue weighted by Gasteiger charge is -2.23. The molecule has 0 aliphatic rings. The highest BCUT2D eigenvalue weighted by atomic mass is 16.6. The fourth-order valence-electron chi connectivity index (χ4n) is 3.98. The summed E-state index contributed by atoms with van der Waals surface area (Å²) in [6.07, 6.45) is 5.78. The first-order chi connectivity index (χ1) is 17.4. The highest BCUT2D eigenvalue weighted by Gasteiger charge is 2.38. The van der Waals surface area contributed by atoms with Crippen LogP contribution in [0.5, 0.6) is 11.5 Å². The van der Waals surface area contributed by atoms with E-state index >= 15 is 0 Å². The van der Waals surface area contributed by atoms with Crippen LogP contribution in [0.4, 0.5) is 0 Å². The molecule has 3 aromatic rings. The van der Waals surface area contributed by atoms with E-state index in [-0.39, 0.29) is 5.75 Å². The van der Waals surface area contributed by atoms with Crippen molar-refractivity contribution in [3.05, 3.63) is 118 Å². The normalized spacial score (nSPS) is 12.1. The number of benzene rings is 3. The summed E-state index contributed by atoms with van der Waals surface area (Å²) < 4.78 is 10.8. The maximum Gasteiger partial charge on any atom is 0.211 e. The van der Waals surface area contributed by atoms with Crippen LogP contribution in [0.15, 0.2) is 91.0 Å². The van der Waals surface area contributed by atoms with Crippen LogP contribution in [0.3, 0.4) is 0 Å². The predicted octanol–water partition coefficient (Wildman–Crippen LogP) is 5.25. The van der Waals surface area contributed by atoms with Gasteiger partial charge < -0.3 is 9.47 Å². The molecular formula is C29H27NO6. The summed E-state index contributed by atoms with van der Waals surface area (Å²) in [5.41, 5.74) is 1.88. The molecule has 0 saturated carbocycles. The fraction of sp³-hybridized carbons (Fsp3) is 0.172. The molecule has 3 aromatic carbocycles. The molecule has 0 radical (unpaired) electrons. The van der Waals surface area contributed by atoms with Crippen molar-refractivity contribution in [1.82, 2.24) is 0 Å². The van der Waals surface area contributed by atoms with Gasteiger partial charge in [-0.25, -0.2) is 0 Å². The third kappa shape index (κ3) is 6.76. The number of nitrogens with zero attached hydrogens (tertiary/aromatic N) is 1. The van der Waals surface area contributed by atoms with Crippen molar-refractivity contribution in [1.29, 1.82) is 0 Å². The van der Waals surface area contributed by atoms with Gasteiger partial charge in [0.25, 0.3) is 0 Å². The van der Waals surface area contributed by atoms with E-state index in [1.165, 1.54) is 26.4 Å². The van der Waals surface area contributed by atoms with Crippen molar-refractivity contribution in [2.75, 3.05) is 20.8 Å². The highest BCUT2D eigenvalue weighted by molar-refractivity contribution is 6.14. The van der Waals surface area contributed by atoms with Crippen molar-refractivity contribution in [3.63, 3.8) is 0 Å². The molecule has 7 nitrogen and oxygen atoms in total. The molecule has 0 aliphatic heterocycles. The van der Waals surface area contributed by atoms with Crippen LogP contribution in [0, 0.1) is 16.0 Å². The summed E-state index contributed by atoms with van der Waals surface area (Å²) in [7, 11) is 2.86. The number of methoxy groups -OCH3 is 2. The largest absolute Gasteiger partial charge is 0.493 e. The first-order valence-electron chi connectivity index (χ1n) is 11.3. The lowest BCUT2D eigenvalue weighted by Crippen LogP contribution is -2.32. The smallest absolute Gasteiger partial charge is 0.211 e. The molecule has 0 fully saturated rings. The minimum absolute atomic E-state index is 0.247. The predicted molar refractivity (Wildman–Crippen MR) is 139 cm³/mol. The van der Waals surface area contributed by atoms with Crippen LogP contribution < -0.4 is 9.47 Å². The van der Waals surface area contributed by atoms with Gasteiger partial charge in [-0.2, -0.15) is 0 Å². The zero-order valence-electron chi connectivity index (χ0n) is 20.1. The molecule has 7 heteroatoms. The summed E-state index contributed by atoms with van der Waals surface area (Å²) in [4.78, 5) is 38.2. The SMILES string of the molecule is COc1cccc([C@H](C[N+](=O)[O-])C(C(=O)/C=C/c2ccccc2)C(=O)/C=C/c2ccccc2)c1OC. The average molecular weight is 486 g/mol. The number of hydrogen-bond donors (Lipinski definition) is 0. The topological polar surface area (TPSA) is 95.7 Å². The van der Waals surface area contributed by atoms with Gasteiger partial charge in [0.1, 0.15) is 0 Å². The highest BCUT2D eigenvalue weighted by Crippen LogP contribution is 2.39. The lowest BCUT2D eigenvalue weighted by molar-refractivity contribution is -0.484.